The van der Waals surface area contributed by atoms with Gasteiger partial charge in [-0.3, -0.25) is 4.79 Å². The quantitative estimate of drug-likeness (QED) is 0.878. The number of aryl methyl sites for hydroxylation is 1. The molecule has 0 saturated heterocycles. The lowest BCUT2D eigenvalue weighted by molar-refractivity contribution is -0.117. The largest absolute Gasteiger partial charge is 0.323 e. The number of nitrogens with two attached hydrogens (primary N) is 1. The molecule has 0 aliphatic rings. The van der Waals surface area contributed by atoms with Crippen molar-refractivity contribution >= 4 is 34.8 Å². The SMILES string of the molecule is CCC(N)C(=O)Nc1cc(Cl)c(C)cc1Cl. The second-order valence-electron chi connectivity index (χ2n) is 3.59. The van der Waals surface area contributed by atoms with E-state index in [2.05, 4.69) is 5.32 Å². The van der Waals surface area contributed by atoms with E-state index in [9.17, 15) is 4.79 Å². The number of nitrogens with one attached hydrogen (secondary N) is 1. The van der Waals surface area contributed by atoms with Gasteiger partial charge >= 0.3 is 0 Å². The molecule has 16 heavy (non-hydrogen) atoms. The molecule has 1 aromatic carbocycles. The maximum absolute atomic E-state index is 11.6. The first-order valence-electron chi connectivity index (χ1n) is 4.97. The highest BCUT2D eigenvalue weighted by molar-refractivity contribution is 6.36. The first-order chi connectivity index (χ1) is 7.45. The van der Waals surface area contributed by atoms with Crippen LogP contribution in [0.15, 0.2) is 12.1 Å². The Labute approximate surface area is 105 Å². The minimum atomic E-state index is -0.531. The molecule has 0 aliphatic heterocycles. The van der Waals surface area contributed by atoms with E-state index in [1.54, 1.807) is 12.1 Å². The molecular formula is C11H14Cl2N2O. The molecule has 3 nitrogen and oxygen atoms in total. The van der Waals surface area contributed by atoms with Crippen molar-refractivity contribution in [2.45, 2.75) is 26.3 Å². The summed E-state index contributed by atoms with van der Waals surface area (Å²) < 4.78 is 0. The van der Waals surface area contributed by atoms with Crippen molar-refractivity contribution in [1.82, 2.24) is 0 Å². The maximum Gasteiger partial charge on any atom is 0.241 e. The Morgan fingerprint density at radius 2 is 2.06 bits per heavy atom. The fourth-order valence-electron chi connectivity index (χ4n) is 1.15. The lowest BCUT2D eigenvalue weighted by Crippen LogP contribution is -2.34. The van der Waals surface area contributed by atoms with Gasteiger partial charge in [-0.2, -0.15) is 0 Å². The van der Waals surface area contributed by atoms with E-state index in [0.717, 1.165) is 5.56 Å². The van der Waals surface area contributed by atoms with E-state index in [1.807, 2.05) is 13.8 Å². The van der Waals surface area contributed by atoms with Crippen molar-refractivity contribution < 1.29 is 4.79 Å². The van der Waals surface area contributed by atoms with Gasteiger partial charge < -0.3 is 11.1 Å². The Morgan fingerprint density at radius 1 is 1.44 bits per heavy atom. The Balaban J connectivity index is 2.90. The molecule has 3 N–H and O–H groups in total. The molecule has 0 heterocycles. The molecule has 0 saturated carbocycles. The van der Waals surface area contributed by atoms with Gasteiger partial charge in [-0.1, -0.05) is 30.1 Å². The predicted octanol–water partition coefficient (Wildman–Crippen LogP) is 2.98. The maximum atomic E-state index is 11.6. The summed E-state index contributed by atoms with van der Waals surface area (Å²) in [5.41, 5.74) is 6.95. The van der Waals surface area contributed by atoms with Crippen LogP contribution in [0, 0.1) is 6.92 Å². The topological polar surface area (TPSA) is 55.1 Å². The van der Waals surface area contributed by atoms with E-state index in [0.29, 0.717) is 22.2 Å². The smallest absolute Gasteiger partial charge is 0.241 e. The molecule has 1 atom stereocenters. The Hall–Kier alpha value is -0.770. The number of hydrogen-bond acceptors (Lipinski definition) is 2. The number of halogens is 2. The fourth-order valence-corrected chi connectivity index (χ4v) is 1.58. The van der Waals surface area contributed by atoms with Crippen LogP contribution in [0.4, 0.5) is 5.69 Å². The average molecular weight is 261 g/mol. The Morgan fingerprint density at radius 3 is 2.62 bits per heavy atom. The third-order valence-corrected chi connectivity index (χ3v) is 3.00. The number of amides is 1. The van der Waals surface area contributed by atoms with E-state index in [4.69, 9.17) is 28.9 Å². The molecule has 5 heteroatoms. The predicted molar refractivity (Wildman–Crippen MR) is 68.1 cm³/mol. The highest BCUT2D eigenvalue weighted by atomic mass is 35.5. The Kier molecular flexibility index (Phi) is 4.59. The summed E-state index contributed by atoms with van der Waals surface area (Å²) in [5, 5.41) is 3.67. The number of hydrogen-bond donors (Lipinski definition) is 2. The number of benzene rings is 1. The van der Waals surface area contributed by atoms with Crippen LogP contribution in [0.1, 0.15) is 18.9 Å². The molecular weight excluding hydrogens is 247 g/mol. The van der Waals surface area contributed by atoms with Crippen molar-refractivity contribution in [3.63, 3.8) is 0 Å². The van der Waals surface area contributed by atoms with Crippen molar-refractivity contribution in [3.8, 4) is 0 Å². The normalized spacial score (nSPS) is 12.3. The highest BCUT2D eigenvalue weighted by Crippen LogP contribution is 2.28. The van der Waals surface area contributed by atoms with Crippen molar-refractivity contribution in [2.75, 3.05) is 5.32 Å². The molecule has 0 aromatic heterocycles. The monoisotopic (exact) mass is 260 g/mol. The van der Waals surface area contributed by atoms with Crippen molar-refractivity contribution in [1.29, 1.82) is 0 Å². The summed E-state index contributed by atoms with van der Waals surface area (Å²) in [6.45, 7) is 3.69. The Bertz CT molecular complexity index is 407. The molecule has 1 amide bonds. The molecule has 1 aromatic rings. The van der Waals surface area contributed by atoms with Crippen LogP contribution in [0.25, 0.3) is 0 Å². The summed E-state index contributed by atoms with van der Waals surface area (Å²) in [5.74, 6) is -0.260. The molecule has 0 spiro atoms. The minimum Gasteiger partial charge on any atom is -0.323 e. The molecule has 0 bridgehead atoms. The summed E-state index contributed by atoms with van der Waals surface area (Å²) in [6.07, 6.45) is 0.572. The molecule has 1 unspecified atom stereocenters. The number of rotatable bonds is 3. The van der Waals surface area contributed by atoms with Gasteiger partial charge in [-0.15, -0.1) is 0 Å². The standard InChI is InChI=1S/C11H14Cl2N2O/c1-3-9(14)11(16)15-10-5-7(12)6(2)4-8(10)13/h4-5,9H,3,14H2,1-2H3,(H,15,16). The van der Waals surface area contributed by atoms with Gasteiger partial charge in [0.05, 0.1) is 16.8 Å². The first-order valence-corrected chi connectivity index (χ1v) is 5.73. The molecule has 0 radical (unpaired) electrons. The second kappa shape index (κ2) is 5.53. The van der Waals surface area contributed by atoms with Crippen LogP contribution in [-0.4, -0.2) is 11.9 Å². The second-order valence-corrected chi connectivity index (χ2v) is 4.40. The van der Waals surface area contributed by atoms with Crippen molar-refractivity contribution in [2.24, 2.45) is 5.73 Å². The fraction of sp³-hybridized carbons (Fsp3) is 0.364. The van der Waals surface area contributed by atoms with Gasteiger partial charge in [0, 0.05) is 5.02 Å². The average Bonchev–Trinajstić information content (AvgIpc) is 2.24. The summed E-state index contributed by atoms with van der Waals surface area (Å²) in [6, 6.07) is 2.80. The van der Waals surface area contributed by atoms with Crippen LogP contribution >= 0.6 is 23.2 Å². The third kappa shape index (κ3) is 3.11. The van der Waals surface area contributed by atoms with E-state index in [-0.39, 0.29) is 5.91 Å². The van der Waals surface area contributed by atoms with Crippen LogP contribution < -0.4 is 11.1 Å². The van der Waals surface area contributed by atoms with Gasteiger partial charge in [-0.25, -0.2) is 0 Å². The zero-order chi connectivity index (χ0) is 12.3. The lowest BCUT2D eigenvalue weighted by atomic mass is 10.2. The zero-order valence-corrected chi connectivity index (χ0v) is 10.7. The van der Waals surface area contributed by atoms with Crippen LogP contribution in [0.2, 0.25) is 10.0 Å². The van der Waals surface area contributed by atoms with Gasteiger partial charge in [0.15, 0.2) is 0 Å². The van der Waals surface area contributed by atoms with Gasteiger partial charge in [-0.05, 0) is 31.0 Å². The van der Waals surface area contributed by atoms with Gasteiger partial charge in [0.25, 0.3) is 0 Å². The number of anilines is 1. The van der Waals surface area contributed by atoms with Crippen molar-refractivity contribution in [3.05, 3.63) is 27.7 Å². The lowest BCUT2D eigenvalue weighted by Gasteiger charge is -2.12. The zero-order valence-electron chi connectivity index (χ0n) is 9.18. The van der Waals surface area contributed by atoms with Crippen LogP contribution in [0.3, 0.4) is 0 Å². The number of carbonyl (C=O) groups is 1. The minimum absolute atomic E-state index is 0.260. The molecule has 0 fully saturated rings. The summed E-state index contributed by atoms with van der Waals surface area (Å²) in [7, 11) is 0. The summed E-state index contributed by atoms with van der Waals surface area (Å²) in [4.78, 5) is 11.6. The number of carbonyl (C=O) groups excluding carboxylic acids is 1. The molecule has 0 aliphatic carbocycles. The van der Waals surface area contributed by atoms with E-state index >= 15 is 0 Å². The first kappa shape index (κ1) is 13.3. The van der Waals surface area contributed by atoms with Crippen LogP contribution in [0.5, 0.6) is 0 Å². The highest BCUT2D eigenvalue weighted by Gasteiger charge is 2.13. The van der Waals surface area contributed by atoms with Gasteiger partial charge in [0.1, 0.15) is 0 Å². The molecule has 1 rings (SSSR count). The van der Waals surface area contributed by atoms with Crippen LogP contribution in [-0.2, 0) is 4.79 Å². The summed E-state index contributed by atoms with van der Waals surface area (Å²) >= 11 is 11.9. The third-order valence-electron chi connectivity index (χ3n) is 2.28. The van der Waals surface area contributed by atoms with Gasteiger partial charge in [0.2, 0.25) is 5.91 Å². The van der Waals surface area contributed by atoms with E-state index in [1.165, 1.54) is 0 Å². The van der Waals surface area contributed by atoms with E-state index < -0.39 is 6.04 Å². The molecule has 88 valence electrons.